The lowest BCUT2D eigenvalue weighted by Crippen LogP contribution is -1.92. The first-order chi connectivity index (χ1) is 26.3. The zero-order valence-corrected chi connectivity index (χ0v) is 29.2. The van der Waals surface area contributed by atoms with E-state index >= 15 is 0 Å². The third kappa shape index (κ3) is 4.08. The van der Waals surface area contributed by atoms with Gasteiger partial charge in [0.1, 0.15) is 22.3 Å². The predicted molar refractivity (Wildman–Crippen MR) is 225 cm³/mol. The van der Waals surface area contributed by atoms with Gasteiger partial charge < -0.3 is 8.83 Å². The molecule has 0 saturated carbocycles. The van der Waals surface area contributed by atoms with Gasteiger partial charge in [0.25, 0.3) is 0 Å². The lowest BCUT2D eigenvalue weighted by atomic mass is 9.83. The van der Waals surface area contributed by atoms with Crippen molar-refractivity contribution in [2.75, 3.05) is 0 Å². The van der Waals surface area contributed by atoms with E-state index in [9.17, 15) is 0 Å². The summed E-state index contributed by atoms with van der Waals surface area (Å²) in [5.41, 5.74) is 10.9. The molecule has 0 unspecified atom stereocenters. The maximum absolute atomic E-state index is 6.72. The van der Waals surface area contributed by atoms with Gasteiger partial charge in [-0.25, -0.2) is 0 Å². The van der Waals surface area contributed by atoms with Crippen LogP contribution >= 0.6 is 11.3 Å². The van der Waals surface area contributed by atoms with Crippen molar-refractivity contribution in [3.05, 3.63) is 169 Å². The summed E-state index contributed by atoms with van der Waals surface area (Å²) in [6.07, 6.45) is 0. The molecule has 3 aromatic heterocycles. The van der Waals surface area contributed by atoms with Crippen LogP contribution in [0.15, 0.2) is 178 Å². The molecular weight excluding hydrogens is 665 g/mol. The van der Waals surface area contributed by atoms with Gasteiger partial charge in [0.05, 0.1) is 0 Å². The Kier molecular flexibility index (Phi) is 5.96. The number of thiophene rings is 1. The highest BCUT2D eigenvalue weighted by Crippen LogP contribution is 2.50. The fourth-order valence-corrected chi connectivity index (χ4v) is 9.85. The number of benzene rings is 9. The second kappa shape index (κ2) is 10.9. The quantitative estimate of drug-likeness (QED) is 0.172. The molecule has 0 spiro atoms. The summed E-state index contributed by atoms with van der Waals surface area (Å²) >= 11 is 1.80. The number of para-hydroxylation sites is 1. The minimum atomic E-state index is 0.898. The van der Waals surface area contributed by atoms with Crippen LogP contribution in [0.3, 0.4) is 0 Å². The Balaban J connectivity index is 1.19. The molecule has 53 heavy (non-hydrogen) atoms. The number of hydrogen-bond acceptors (Lipinski definition) is 3. The van der Waals surface area contributed by atoms with Crippen LogP contribution in [0, 0.1) is 0 Å². The van der Waals surface area contributed by atoms with Crippen LogP contribution in [0.5, 0.6) is 0 Å². The van der Waals surface area contributed by atoms with Gasteiger partial charge in [0, 0.05) is 42.6 Å². The summed E-state index contributed by atoms with van der Waals surface area (Å²) in [6, 6.07) is 58.9. The summed E-state index contributed by atoms with van der Waals surface area (Å²) in [7, 11) is 0. The second-order valence-electron chi connectivity index (χ2n) is 13.9. The third-order valence-electron chi connectivity index (χ3n) is 11.1. The van der Waals surface area contributed by atoms with E-state index in [1.54, 1.807) is 11.3 Å². The number of furan rings is 2. The van der Waals surface area contributed by atoms with E-state index in [-0.39, 0.29) is 0 Å². The maximum Gasteiger partial charge on any atom is 0.143 e. The first kappa shape index (κ1) is 29.0. The molecule has 0 saturated heterocycles. The smallest absolute Gasteiger partial charge is 0.143 e. The second-order valence-corrected chi connectivity index (χ2v) is 14.8. The van der Waals surface area contributed by atoms with Gasteiger partial charge >= 0.3 is 0 Å². The molecule has 246 valence electrons. The Morgan fingerprint density at radius 1 is 0.358 bits per heavy atom. The highest BCUT2D eigenvalue weighted by Gasteiger charge is 2.24. The number of rotatable bonds is 3. The van der Waals surface area contributed by atoms with E-state index in [0.29, 0.717) is 0 Å². The van der Waals surface area contributed by atoms with Crippen LogP contribution in [-0.4, -0.2) is 0 Å². The van der Waals surface area contributed by atoms with Crippen LogP contribution in [-0.2, 0) is 0 Å². The molecule has 12 rings (SSSR count). The van der Waals surface area contributed by atoms with Crippen molar-refractivity contribution in [3.8, 4) is 33.4 Å². The maximum atomic E-state index is 6.72. The zero-order valence-electron chi connectivity index (χ0n) is 28.4. The summed E-state index contributed by atoms with van der Waals surface area (Å²) in [6.45, 7) is 0. The third-order valence-corrected chi connectivity index (χ3v) is 12.1. The molecule has 0 radical (unpaired) electrons. The summed E-state index contributed by atoms with van der Waals surface area (Å²) in [5.74, 6) is 0. The first-order valence-corrected chi connectivity index (χ1v) is 18.9. The topological polar surface area (TPSA) is 26.3 Å². The molecule has 0 aliphatic rings. The summed E-state index contributed by atoms with van der Waals surface area (Å²) < 4.78 is 14.6. The Bertz CT molecular complexity index is 3390. The average molecular weight is 693 g/mol. The van der Waals surface area contributed by atoms with Gasteiger partial charge in [-0.3, -0.25) is 0 Å². The van der Waals surface area contributed by atoms with Gasteiger partial charge in [-0.15, -0.1) is 11.3 Å². The minimum Gasteiger partial charge on any atom is -0.456 e. The van der Waals surface area contributed by atoms with Crippen molar-refractivity contribution < 1.29 is 8.83 Å². The van der Waals surface area contributed by atoms with Crippen molar-refractivity contribution >= 4 is 97.6 Å². The molecule has 9 aromatic carbocycles. The molecule has 0 bridgehead atoms. The number of fused-ring (bicyclic) bond motifs is 11. The molecule has 2 nitrogen and oxygen atoms in total. The van der Waals surface area contributed by atoms with E-state index in [1.165, 1.54) is 65.0 Å². The normalized spacial score (nSPS) is 12.2. The van der Waals surface area contributed by atoms with E-state index in [2.05, 4.69) is 169 Å². The Morgan fingerprint density at radius 2 is 0.981 bits per heavy atom. The van der Waals surface area contributed by atoms with Gasteiger partial charge in [-0.05, 0) is 90.5 Å². The SMILES string of the molecule is c1ccc(-c2csc3cc4c(cc23)oc2cccc(-c3c5ccccc5c(-c5cc6ccccc6c6oc7ccccc7c56)c5ccccc35)c24)cc1. The van der Waals surface area contributed by atoms with Crippen molar-refractivity contribution in [2.24, 2.45) is 0 Å². The molecule has 12 aromatic rings. The number of hydrogen-bond donors (Lipinski definition) is 0. The Labute approximate surface area is 307 Å². The standard InChI is InChI=1S/C50H28O2S/c1-2-13-29(14-3-1)41-28-53-45-27-39-44(26-38(41)45)51-43-24-12-22-37(48(39)43)46-32-17-6-8-19-34(32)47(35-20-9-7-18-33(35)46)40-25-30-15-4-5-16-31(30)50-49(40)36-21-10-11-23-42(36)52-50/h1-28H. The lowest BCUT2D eigenvalue weighted by Gasteiger charge is -2.19. The van der Waals surface area contributed by atoms with Crippen LogP contribution in [0.25, 0.3) is 120 Å². The van der Waals surface area contributed by atoms with Gasteiger partial charge in [-0.2, -0.15) is 0 Å². The highest BCUT2D eigenvalue weighted by molar-refractivity contribution is 7.17. The minimum absolute atomic E-state index is 0.898. The lowest BCUT2D eigenvalue weighted by molar-refractivity contribution is 0.669. The first-order valence-electron chi connectivity index (χ1n) is 18.0. The van der Waals surface area contributed by atoms with E-state index in [4.69, 9.17) is 8.83 Å². The van der Waals surface area contributed by atoms with Crippen molar-refractivity contribution in [1.82, 2.24) is 0 Å². The largest absolute Gasteiger partial charge is 0.456 e. The summed E-state index contributed by atoms with van der Waals surface area (Å²) in [5, 5.41) is 15.2. The van der Waals surface area contributed by atoms with Gasteiger partial charge in [-0.1, -0.05) is 133 Å². The van der Waals surface area contributed by atoms with Gasteiger partial charge in [0.2, 0.25) is 0 Å². The van der Waals surface area contributed by atoms with Crippen molar-refractivity contribution in [2.45, 2.75) is 0 Å². The molecule has 0 aliphatic carbocycles. The van der Waals surface area contributed by atoms with Crippen LogP contribution in [0.2, 0.25) is 0 Å². The molecule has 0 N–H and O–H groups in total. The Morgan fingerprint density at radius 3 is 1.74 bits per heavy atom. The molecule has 0 aliphatic heterocycles. The molecule has 0 fully saturated rings. The zero-order chi connectivity index (χ0) is 34.6. The average Bonchev–Trinajstić information content (AvgIpc) is 3.92. The molecule has 3 heterocycles. The van der Waals surface area contributed by atoms with Gasteiger partial charge in [0.15, 0.2) is 0 Å². The van der Waals surface area contributed by atoms with Crippen LogP contribution < -0.4 is 0 Å². The molecule has 3 heteroatoms. The highest BCUT2D eigenvalue weighted by atomic mass is 32.1. The molecule has 0 amide bonds. The van der Waals surface area contributed by atoms with Crippen LogP contribution in [0.4, 0.5) is 0 Å². The fourth-order valence-electron chi connectivity index (χ4n) is 8.86. The molecular formula is C50H28O2S. The van der Waals surface area contributed by atoms with Crippen LogP contribution in [0.1, 0.15) is 0 Å². The molecule has 0 atom stereocenters. The van der Waals surface area contributed by atoms with E-state index in [0.717, 1.165) is 54.6 Å². The predicted octanol–water partition coefficient (Wildman–Crippen LogP) is 15.2. The van der Waals surface area contributed by atoms with E-state index < -0.39 is 0 Å². The van der Waals surface area contributed by atoms with Crippen molar-refractivity contribution in [1.29, 1.82) is 0 Å². The fraction of sp³-hybridized carbons (Fsp3) is 0. The Hall–Kier alpha value is -6.68. The summed E-state index contributed by atoms with van der Waals surface area (Å²) in [4.78, 5) is 0. The monoisotopic (exact) mass is 692 g/mol. The van der Waals surface area contributed by atoms with Crippen molar-refractivity contribution in [3.63, 3.8) is 0 Å². The van der Waals surface area contributed by atoms with E-state index in [1.807, 2.05) is 0 Å².